The van der Waals surface area contributed by atoms with Crippen molar-refractivity contribution in [3.05, 3.63) is 71.2 Å². The number of halogens is 1. The van der Waals surface area contributed by atoms with Crippen LogP contribution in [0.1, 0.15) is 23.2 Å². The summed E-state index contributed by atoms with van der Waals surface area (Å²) in [6, 6.07) is 19.4. The highest BCUT2D eigenvalue weighted by Gasteiger charge is 2.12. The van der Waals surface area contributed by atoms with E-state index in [1.807, 2.05) is 24.3 Å². The lowest BCUT2D eigenvalue weighted by atomic mass is 10.1. The van der Waals surface area contributed by atoms with Crippen LogP contribution < -0.4 is 10.1 Å². The molecule has 27 heavy (non-hydrogen) atoms. The van der Waals surface area contributed by atoms with E-state index in [4.69, 9.17) is 21.1 Å². The maximum Gasteiger partial charge on any atom is 0.340 e. The van der Waals surface area contributed by atoms with Gasteiger partial charge >= 0.3 is 5.97 Å². The standard InChI is InChI=1S/C22H22ClNO3/c1-26-22(25)19-15-17(23)11-12-20(19)24-13-4-5-14-27-21-10-6-8-16-7-2-3-9-18(16)21/h2-3,6-12,15,24H,4-5,13-14H2,1H3. The van der Waals surface area contributed by atoms with E-state index in [2.05, 4.69) is 23.5 Å². The molecule has 0 fully saturated rings. The third-order valence-corrected chi connectivity index (χ3v) is 4.52. The zero-order chi connectivity index (χ0) is 19.1. The van der Waals surface area contributed by atoms with Gasteiger partial charge in [0.05, 0.1) is 19.3 Å². The van der Waals surface area contributed by atoms with E-state index in [9.17, 15) is 4.79 Å². The Kier molecular flexibility index (Phi) is 6.55. The Bertz CT molecular complexity index is 921. The second-order valence-corrected chi connectivity index (χ2v) is 6.58. The first kappa shape index (κ1) is 19.1. The van der Waals surface area contributed by atoms with Gasteiger partial charge < -0.3 is 14.8 Å². The number of ether oxygens (including phenoxy) is 2. The maximum atomic E-state index is 11.8. The van der Waals surface area contributed by atoms with E-state index < -0.39 is 5.97 Å². The summed E-state index contributed by atoms with van der Waals surface area (Å²) >= 11 is 5.97. The Morgan fingerprint density at radius 1 is 1.04 bits per heavy atom. The summed E-state index contributed by atoms with van der Waals surface area (Å²) in [6.07, 6.45) is 1.81. The number of carbonyl (C=O) groups excluding carboxylic acids is 1. The lowest BCUT2D eigenvalue weighted by molar-refractivity contribution is 0.0602. The average Bonchev–Trinajstić information content (AvgIpc) is 2.70. The number of fused-ring (bicyclic) bond motifs is 1. The Morgan fingerprint density at radius 3 is 2.70 bits per heavy atom. The Balaban J connectivity index is 1.48. The summed E-state index contributed by atoms with van der Waals surface area (Å²) in [7, 11) is 1.36. The summed E-state index contributed by atoms with van der Waals surface area (Å²) in [5, 5.41) is 6.08. The quantitative estimate of drug-likeness (QED) is 0.409. The minimum Gasteiger partial charge on any atom is -0.493 e. The molecule has 0 heterocycles. The smallest absolute Gasteiger partial charge is 0.340 e. The normalized spacial score (nSPS) is 10.6. The maximum absolute atomic E-state index is 11.8. The minimum absolute atomic E-state index is 0.403. The molecule has 0 radical (unpaired) electrons. The molecule has 0 bridgehead atoms. The molecule has 3 aromatic carbocycles. The first-order chi connectivity index (χ1) is 13.2. The molecule has 140 valence electrons. The molecule has 0 aromatic heterocycles. The zero-order valence-corrected chi connectivity index (χ0v) is 16.0. The van der Waals surface area contributed by atoms with Gasteiger partial charge in [-0.25, -0.2) is 4.79 Å². The fourth-order valence-corrected chi connectivity index (χ4v) is 3.08. The van der Waals surface area contributed by atoms with Gasteiger partial charge in [-0.2, -0.15) is 0 Å². The number of rotatable bonds is 8. The highest BCUT2D eigenvalue weighted by atomic mass is 35.5. The monoisotopic (exact) mass is 383 g/mol. The molecule has 3 aromatic rings. The van der Waals surface area contributed by atoms with Crippen molar-refractivity contribution in [3.8, 4) is 5.75 Å². The molecule has 0 spiro atoms. The third-order valence-electron chi connectivity index (χ3n) is 4.28. The van der Waals surface area contributed by atoms with Gasteiger partial charge in [0.15, 0.2) is 0 Å². The van der Waals surface area contributed by atoms with Crippen LogP contribution in [0.15, 0.2) is 60.7 Å². The fourth-order valence-electron chi connectivity index (χ4n) is 2.90. The topological polar surface area (TPSA) is 47.6 Å². The Hall–Kier alpha value is -2.72. The van der Waals surface area contributed by atoms with Crippen LogP contribution in [0.3, 0.4) is 0 Å². The number of hydrogen-bond donors (Lipinski definition) is 1. The van der Waals surface area contributed by atoms with E-state index in [1.165, 1.54) is 12.5 Å². The first-order valence-electron chi connectivity index (χ1n) is 8.91. The van der Waals surface area contributed by atoms with Gasteiger partial charge in [0.2, 0.25) is 0 Å². The number of methoxy groups -OCH3 is 1. The number of benzene rings is 3. The fraction of sp³-hybridized carbons (Fsp3) is 0.227. The summed E-state index contributed by atoms with van der Waals surface area (Å²) in [5.74, 6) is 0.506. The second-order valence-electron chi connectivity index (χ2n) is 6.14. The molecule has 0 unspecified atom stereocenters. The van der Waals surface area contributed by atoms with E-state index in [-0.39, 0.29) is 0 Å². The lowest BCUT2D eigenvalue weighted by Gasteiger charge is -2.12. The lowest BCUT2D eigenvalue weighted by Crippen LogP contribution is -2.10. The molecular formula is C22H22ClNO3. The Labute approximate surface area is 164 Å². The van der Waals surface area contributed by atoms with E-state index in [1.54, 1.807) is 18.2 Å². The van der Waals surface area contributed by atoms with Gasteiger partial charge in [0, 0.05) is 22.6 Å². The largest absolute Gasteiger partial charge is 0.493 e. The van der Waals surface area contributed by atoms with Crippen LogP contribution in [-0.4, -0.2) is 26.2 Å². The summed E-state index contributed by atoms with van der Waals surface area (Å²) in [5.41, 5.74) is 1.17. The third kappa shape index (κ3) is 4.92. The molecule has 0 saturated heterocycles. The summed E-state index contributed by atoms with van der Waals surface area (Å²) < 4.78 is 10.8. The molecule has 4 nitrogen and oxygen atoms in total. The van der Waals surface area contributed by atoms with Crippen molar-refractivity contribution < 1.29 is 14.3 Å². The van der Waals surface area contributed by atoms with Crippen molar-refractivity contribution in [2.24, 2.45) is 0 Å². The zero-order valence-electron chi connectivity index (χ0n) is 15.2. The number of anilines is 1. The van der Waals surface area contributed by atoms with Crippen molar-refractivity contribution in [2.75, 3.05) is 25.6 Å². The highest BCUT2D eigenvalue weighted by Crippen LogP contribution is 2.25. The molecule has 0 aliphatic rings. The van der Waals surface area contributed by atoms with Crippen LogP contribution in [-0.2, 0) is 4.74 Å². The van der Waals surface area contributed by atoms with Crippen LogP contribution in [0.5, 0.6) is 5.75 Å². The van der Waals surface area contributed by atoms with Crippen LogP contribution in [0.2, 0.25) is 5.02 Å². The molecule has 0 aliphatic heterocycles. The van der Waals surface area contributed by atoms with Crippen molar-refractivity contribution >= 4 is 34.0 Å². The van der Waals surface area contributed by atoms with E-state index in [0.717, 1.165) is 36.2 Å². The van der Waals surface area contributed by atoms with Crippen LogP contribution in [0.25, 0.3) is 10.8 Å². The van der Waals surface area contributed by atoms with Gasteiger partial charge in [-0.15, -0.1) is 0 Å². The van der Waals surface area contributed by atoms with Gasteiger partial charge in [0.1, 0.15) is 5.75 Å². The molecule has 0 aliphatic carbocycles. The summed E-state index contributed by atoms with van der Waals surface area (Å²) in [4.78, 5) is 11.8. The molecule has 3 rings (SSSR count). The SMILES string of the molecule is COC(=O)c1cc(Cl)ccc1NCCCCOc1cccc2ccccc12. The van der Waals surface area contributed by atoms with E-state index in [0.29, 0.717) is 17.2 Å². The van der Waals surface area contributed by atoms with Crippen LogP contribution in [0, 0.1) is 0 Å². The van der Waals surface area contributed by atoms with Crippen LogP contribution in [0.4, 0.5) is 5.69 Å². The van der Waals surface area contributed by atoms with Gasteiger partial charge in [0.25, 0.3) is 0 Å². The number of hydrogen-bond acceptors (Lipinski definition) is 4. The van der Waals surface area contributed by atoms with E-state index >= 15 is 0 Å². The number of carbonyl (C=O) groups is 1. The summed E-state index contributed by atoms with van der Waals surface area (Å²) in [6.45, 7) is 1.37. The van der Waals surface area contributed by atoms with Crippen molar-refractivity contribution in [3.63, 3.8) is 0 Å². The predicted molar refractivity (Wildman–Crippen MR) is 110 cm³/mol. The molecule has 0 amide bonds. The van der Waals surface area contributed by atoms with Crippen LogP contribution >= 0.6 is 11.6 Å². The number of unbranched alkanes of at least 4 members (excludes halogenated alkanes) is 1. The number of nitrogens with one attached hydrogen (secondary N) is 1. The van der Waals surface area contributed by atoms with Gasteiger partial charge in [-0.05, 0) is 42.5 Å². The highest BCUT2D eigenvalue weighted by molar-refractivity contribution is 6.31. The molecular weight excluding hydrogens is 362 g/mol. The Morgan fingerprint density at radius 2 is 1.85 bits per heavy atom. The van der Waals surface area contributed by atoms with Gasteiger partial charge in [-0.3, -0.25) is 0 Å². The molecule has 5 heteroatoms. The average molecular weight is 384 g/mol. The second kappa shape index (κ2) is 9.28. The van der Waals surface area contributed by atoms with Crippen molar-refractivity contribution in [1.29, 1.82) is 0 Å². The predicted octanol–water partition coefficient (Wildman–Crippen LogP) is 5.55. The molecule has 0 atom stereocenters. The number of esters is 1. The molecule has 1 N–H and O–H groups in total. The van der Waals surface area contributed by atoms with Crippen molar-refractivity contribution in [2.45, 2.75) is 12.8 Å². The minimum atomic E-state index is -0.403. The molecule has 0 saturated carbocycles. The van der Waals surface area contributed by atoms with Gasteiger partial charge in [-0.1, -0.05) is 48.0 Å². The first-order valence-corrected chi connectivity index (χ1v) is 9.29. The van der Waals surface area contributed by atoms with Crippen molar-refractivity contribution in [1.82, 2.24) is 0 Å².